The topological polar surface area (TPSA) is 93.1 Å². The Morgan fingerprint density at radius 3 is 2.40 bits per heavy atom. The molecule has 1 fully saturated rings. The van der Waals surface area contributed by atoms with Crippen LogP contribution in [-0.4, -0.2) is 21.6 Å². The molecule has 1 unspecified atom stereocenters. The fourth-order valence-corrected chi connectivity index (χ4v) is 3.67. The van der Waals surface area contributed by atoms with Gasteiger partial charge in [0.25, 0.3) is 11.5 Å². The average molecular weight is 484 g/mol. The summed E-state index contributed by atoms with van der Waals surface area (Å²) in [7, 11) is 0. The van der Waals surface area contributed by atoms with E-state index < -0.39 is 35.7 Å². The minimum atomic E-state index is -4.86. The lowest BCUT2D eigenvalue weighted by Gasteiger charge is -2.17. The van der Waals surface area contributed by atoms with E-state index in [2.05, 4.69) is 15.7 Å². The predicted molar refractivity (Wildman–Crippen MR) is 123 cm³/mol. The highest BCUT2D eigenvalue weighted by atomic mass is 19.4. The molecule has 1 aliphatic rings. The van der Waals surface area contributed by atoms with Crippen LogP contribution in [0.25, 0.3) is 0 Å². The number of carbonyl (C=O) groups is 2. The molecule has 182 valence electrons. The summed E-state index contributed by atoms with van der Waals surface area (Å²) in [6.45, 7) is 1.09. The molecule has 1 aromatic heterocycles. The molecule has 35 heavy (non-hydrogen) atoms. The number of hydrogen-bond donors (Lipinski definition) is 2. The molecule has 1 aliphatic carbocycles. The number of amides is 2. The SMILES string of the molecule is CC(NC(=O)c1ccccc1NC(=O)Cn1nc(C2CC2)cc(C(F)(F)F)c1=O)c1ccccc1. The van der Waals surface area contributed by atoms with Crippen molar-refractivity contribution in [3.05, 3.63) is 93.4 Å². The Bertz CT molecular complexity index is 1300. The number of halogens is 3. The summed E-state index contributed by atoms with van der Waals surface area (Å²) in [5.74, 6) is -1.37. The summed E-state index contributed by atoms with van der Waals surface area (Å²) in [5, 5.41) is 9.36. The van der Waals surface area contributed by atoms with Crippen LogP contribution in [0.5, 0.6) is 0 Å². The van der Waals surface area contributed by atoms with E-state index in [1.165, 1.54) is 12.1 Å². The number of aromatic nitrogens is 2. The van der Waals surface area contributed by atoms with E-state index >= 15 is 0 Å². The van der Waals surface area contributed by atoms with E-state index in [1.807, 2.05) is 37.3 Å². The molecule has 2 aromatic carbocycles. The largest absolute Gasteiger partial charge is 0.421 e. The van der Waals surface area contributed by atoms with Gasteiger partial charge in [-0.3, -0.25) is 14.4 Å². The second kappa shape index (κ2) is 9.73. The second-order valence-electron chi connectivity index (χ2n) is 8.42. The van der Waals surface area contributed by atoms with E-state index in [1.54, 1.807) is 12.1 Å². The third-order valence-corrected chi connectivity index (χ3v) is 5.68. The smallest absolute Gasteiger partial charge is 0.345 e. The van der Waals surface area contributed by atoms with Crippen molar-refractivity contribution < 1.29 is 22.8 Å². The molecule has 0 aliphatic heterocycles. The van der Waals surface area contributed by atoms with Gasteiger partial charge in [0, 0.05) is 5.92 Å². The van der Waals surface area contributed by atoms with E-state index in [9.17, 15) is 27.6 Å². The lowest BCUT2D eigenvalue weighted by atomic mass is 10.1. The monoisotopic (exact) mass is 484 g/mol. The number of rotatable bonds is 7. The molecule has 2 amide bonds. The predicted octanol–water partition coefficient (Wildman–Crippen LogP) is 4.27. The van der Waals surface area contributed by atoms with Gasteiger partial charge in [-0.2, -0.15) is 18.3 Å². The van der Waals surface area contributed by atoms with E-state index in [4.69, 9.17) is 0 Å². The Hall–Kier alpha value is -3.95. The van der Waals surface area contributed by atoms with Crippen molar-refractivity contribution in [1.82, 2.24) is 15.1 Å². The fraction of sp³-hybridized carbons (Fsp3) is 0.280. The quantitative estimate of drug-likeness (QED) is 0.524. The minimum Gasteiger partial charge on any atom is -0.345 e. The van der Waals surface area contributed by atoms with Crippen molar-refractivity contribution in [1.29, 1.82) is 0 Å². The second-order valence-corrected chi connectivity index (χ2v) is 8.42. The number of alkyl halides is 3. The highest BCUT2D eigenvalue weighted by molar-refractivity contribution is 6.03. The van der Waals surface area contributed by atoms with Crippen LogP contribution in [-0.2, 0) is 17.5 Å². The normalized spacial score (nSPS) is 14.3. The number of carbonyl (C=O) groups excluding carboxylic acids is 2. The highest BCUT2D eigenvalue weighted by Crippen LogP contribution is 2.40. The lowest BCUT2D eigenvalue weighted by molar-refractivity contribution is -0.139. The van der Waals surface area contributed by atoms with Gasteiger partial charge in [0.05, 0.1) is 23.0 Å². The summed E-state index contributed by atoms with van der Waals surface area (Å²) < 4.78 is 40.6. The first kappa shape index (κ1) is 24.2. The molecular weight excluding hydrogens is 461 g/mol. The maximum absolute atomic E-state index is 13.4. The molecular formula is C25H23F3N4O3. The summed E-state index contributed by atoms with van der Waals surface area (Å²) in [6.07, 6.45) is -3.50. The summed E-state index contributed by atoms with van der Waals surface area (Å²) >= 11 is 0. The first-order valence-corrected chi connectivity index (χ1v) is 11.1. The molecule has 0 bridgehead atoms. The highest BCUT2D eigenvalue weighted by Gasteiger charge is 2.37. The van der Waals surface area contributed by atoms with Gasteiger partial charge < -0.3 is 10.6 Å². The van der Waals surface area contributed by atoms with Crippen LogP contribution in [0.2, 0.25) is 0 Å². The van der Waals surface area contributed by atoms with Crippen LogP contribution in [0, 0.1) is 0 Å². The van der Waals surface area contributed by atoms with Gasteiger partial charge >= 0.3 is 6.18 Å². The van der Waals surface area contributed by atoms with Gasteiger partial charge in [0.2, 0.25) is 5.91 Å². The van der Waals surface area contributed by atoms with Crippen molar-refractivity contribution >= 4 is 17.5 Å². The van der Waals surface area contributed by atoms with Crippen molar-refractivity contribution in [2.75, 3.05) is 5.32 Å². The zero-order valence-electron chi connectivity index (χ0n) is 18.8. The molecule has 1 saturated carbocycles. The molecule has 3 aromatic rings. The molecule has 0 spiro atoms. The van der Waals surface area contributed by atoms with Crippen LogP contribution in [0.4, 0.5) is 18.9 Å². The molecule has 1 heterocycles. The van der Waals surface area contributed by atoms with Crippen molar-refractivity contribution in [3.63, 3.8) is 0 Å². The van der Waals surface area contributed by atoms with Gasteiger partial charge in [-0.05, 0) is 43.5 Å². The van der Waals surface area contributed by atoms with Crippen LogP contribution in [0.1, 0.15) is 58.9 Å². The zero-order valence-corrected chi connectivity index (χ0v) is 18.8. The average Bonchev–Trinajstić information content (AvgIpc) is 3.66. The summed E-state index contributed by atoms with van der Waals surface area (Å²) in [4.78, 5) is 37.9. The molecule has 4 rings (SSSR count). The number of nitrogens with one attached hydrogen (secondary N) is 2. The fourth-order valence-electron chi connectivity index (χ4n) is 3.67. The van der Waals surface area contributed by atoms with Crippen LogP contribution in [0.3, 0.4) is 0 Å². The third-order valence-electron chi connectivity index (χ3n) is 5.68. The van der Waals surface area contributed by atoms with Gasteiger partial charge in [-0.15, -0.1) is 0 Å². The van der Waals surface area contributed by atoms with E-state index in [0.29, 0.717) is 17.5 Å². The Morgan fingerprint density at radius 2 is 1.74 bits per heavy atom. The molecule has 10 heteroatoms. The molecule has 1 atom stereocenters. The number of nitrogens with zero attached hydrogens (tertiary/aromatic N) is 2. The maximum Gasteiger partial charge on any atom is 0.421 e. The van der Waals surface area contributed by atoms with Crippen LogP contribution >= 0.6 is 0 Å². The number of para-hydroxylation sites is 1. The Kier molecular flexibility index (Phi) is 6.72. The van der Waals surface area contributed by atoms with Crippen molar-refractivity contribution in [2.45, 2.75) is 44.4 Å². The Balaban J connectivity index is 1.52. The molecule has 7 nitrogen and oxygen atoms in total. The number of anilines is 1. The number of hydrogen-bond acceptors (Lipinski definition) is 4. The summed E-state index contributed by atoms with van der Waals surface area (Å²) in [5.41, 5.74) is -1.37. The number of benzene rings is 2. The minimum absolute atomic E-state index is 0.138. The Morgan fingerprint density at radius 1 is 1.09 bits per heavy atom. The van der Waals surface area contributed by atoms with E-state index in [0.717, 1.165) is 11.6 Å². The zero-order chi connectivity index (χ0) is 25.2. The lowest BCUT2D eigenvalue weighted by Crippen LogP contribution is -2.35. The molecule has 0 saturated heterocycles. The van der Waals surface area contributed by atoms with Crippen molar-refractivity contribution in [3.8, 4) is 0 Å². The molecule has 0 radical (unpaired) electrons. The van der Waals surface area contributed by atoms with Crippen LogP contribution < -0.4 is 16.2 Å². The van der Waals surface area contributed by atoms with Gasteiger partial charge in [-0.25, -0.2) is 4.68 Å². The first-order valence-electron chi connectivity index (χ1n) is 11.1. The molecule has 2 N–H and O–H groups in total. The third kappa shape index (κ3) is 5.76. The first-order chi connectivity index (χ1) is 16.6. The maximum atomic E-state index is 13.4. The van der Waals surface area contributed by atoms with Gasteiger partial charge in [0.15, 0.2) is 0 Å². The van der Waals surface area contributed by atoms with Gasteiger partial charge in [0.1, 0.15) is 12.1 Å². The van der Waals surface area contributed by atoms with E-state index in [-0.39, 0.29) is 28.9 Å². The van der Waals surface area contributed by atoms with Gasteiger partial charge in [-0.1, -0.05) is 42.5 Å². The van der Waals surface area contributed by atoms with Crippen LogP contribution in [0.15, 0.2) is 65.5 Å². The standard InChI is InChI=1S/C25H23F3N4O3/c1-15(16-7-3-2-4-8-16)29-23(34)18-9-5-6-10-20(18)30-22(33)14-32-24(35)19(25(26,27)28)13-21(31-32)17-11-12-17/h2-10,13,15,17H,11-12,14H2,1H3,(H,29,34)(H,30,33). The summed E-state index contributed by atoms with van der Waals surface area (Å²) in [6, 6.07) is 16.0. The Labute approximate surface area is 199 Å². The van der Waals surface area contributed by atoms with Crippen molar-refractivity contribution in [2.24, 2.45) is 0 Å².